The van der Waals surface area contributed by atoms with Crippen LogP contribution in [-0.2, 0) is 9.53 Å². The number of anilines is 2. The molecular formula is C30H33ClN2O3. The predicted molar refractivity (Wildman–Crippen MR) is 150 cm³/mol. The zero-order chi connectivity index (χ0) is 26.1. The van der Waals surface area contributed by atoms with Gasteiger partial charge in [-0.2, -0.15) is 0 Å². The summed E-state index contributed by atoms with van der Waals surface area (Å²) in [6.07, 6.45) is 10.3. The maximum atomic E-state index is 12.8. The lowest BCUT2D eigenvalue weighted by Gasteiger charge is -2.18. The molecule has 0 saturated carbocycles. The zero-order valence-electron chi connectivity index (χ0n) is 21.3. The highest BCUT2D eigenvalue weighted by Gasteiger charge is 2.15. The summed E-state index contributed by atoms with van der Waals surface area (Å²) in [5.74, 6) is -0.0709. The number of rotatable bonds is 5. The van der Waals surface area contributed by atoms with Crippen LogP contribution in [0.2, 0.25) is 0 Å². The van der Waals surface area contributed by atoms with Crippen LogP contribution in [0, 0.1) is 0 Å². The van der Waals surface area contributed by atoms with Crippen molar-refractivity contribution < 1.29 is 14.3 Å². The number of carbonyl (C=O) groups is 2. The average molecular weight is 505 g/mol. The molecule has 0 saturated heterocycles. The fraction of sp³-hybridized carbons (Fsp3) is 0.267. The first-order chi connectivity index (χ1) is 17.4. The van der Waals surface area contributed by atoms with Gasteiger partial charge in [0.15, 0.2) is 0 Å². The number of hydrogen-bond donors (Lipinski definition) is 2. The Bertz CT molecular complexity index is 1250. The van der Waals surface area contributed by atoms with Gasteiger partial charge in [-0.15, -0.1) is 0 Å². The van der Waals surface area contributed by atoms with E-state index in [1.54, 1.807) is 12.1 Å². The molecule has 0 aliphatic carbocycles. The monoisotopic (exact) mass is 504 g/mol. The summed E-state index contributed by atoms with van der Waals surface area (Å²) < 4.78 is 4.71. The van der Waals surface area contributed by atoms with Crippen LogP contribution in [0.3, 0.4) is 0 Å². The molecule has 2 aromatic carbocycles. The highest BCUT2D eigenvalue weighted by Crippen LogP contribution is 2.36. The second-order valence-corrected chi connectivity index (χ2v) is 9.01. The molecule has 188 valence electrons. The Hall–Kier alpha value is -3.57. The van der Waals surface area contributed by atoms with E-state index < -0.39 is 6.09 Å². The van der Waals surface area contributed by atoms with Crippen molar-refractivity contribution in [2.45, 2.75) is 46.5 Å². The van der Waals surface area contributed by atoms with E-state index in [4.69, 9.17) is 16.3 Å². The molecule has 2 N–H and O–H groups in total. The van der Waals surface area contributed by atoms with Gasteiger partial charge in [0.2, 0.25) is 5.91 Å². The maximum Gasteiger partial charge on any atom is 0.411 e. The van der Waals surface area contributed by atoms with Crippen molar-refractivity contribution >= 4 is 40.5 Å². The number of hydrogen-bond acceptors (Lipinski definition) is 3. The van der Waals surface area contributed by atoms with E-state index >= 15 is 0 Å². The van der Waals surface area contributed by atoms with Gasteiger partial charge < -0.3 is 10.1 Å². The zero-order valence-corrected chi connectivity index (χ0v) is 22.0. The maximum absolute atomic E-state index is 12.8. The molecule has 0 radical (unpaired) electrons. The Morgan fingerprint density at radius 3 is 2.67 bits per heavy atom. The lowest BCUT2D eigenvalue weighted by Crippen LogP contribution is -2.14. The van der Waals surface area contributed by atoms with Crippen LogP contribution in [0.1, 0.15) is 52.0 Å². The molecule has 5 nitrogen and oxygen atoms in total. The average Bonchev–Trinajstić information content (AvgIpc) is 2.88. The minimum atomic E-state index is -0.567. The number of ether oxygens (including phenoxy) is 1. The van der Waals surface area contributed by atoms with E-state index in [9.17, 15) is 9.59 Å². The molecule has 3 rings (SSSR count). The fourth-order valence-electron chi connectivity index (χ4n) is 4.02. The van der Waals surface area contributed by atoms with E-state index in [-0.39, 0.29) is 5.91 Å². The molecule has 0 fully saturated rings. The van der Waals surface area contributed by atoms with Crippen molar-refractivity contribution in [3.8, 4) is 11.1 Å². The summed E-state index contributed by atoms with van der Waals surface area (Å²) in [6, 6.07) is 13.8. The number of nitrogens with one attached hydrogen (secondary N) is 2. The van der Waals surface area contributed by atoms with Crippen molar-refractivity contribution in [3.05, 3.63) is 88.5 Å². The third-order valence-electron chi connectivity index (χ3n) is 6.13. The first-order valence-corrected chi connectivity index (χ1v) is 12.5. The predicted octanol–water partition coefficient (Wildman–Crippen LogP) is 8.46. The minimum Gasteiger partial charge on any atom is -0.453 e. The van der Waals surface area contributed by atoms with Crippen molar-refractivity contribution in [2.24, 2.45) is 0 Å². The summed E-state index contributed by atoms with van der Waals surface area (Å²) >= 11 is 6.29. The summed E-state index contributed by atoms with van der Waals surface area (Å²) in [4.78, 5) is 24.5. The highest BCUT2D eigenvalue weighted by molar-refractivity contribution is 6.31. The second kappa shape index (κ2) is 12.9. The lowest BCUT2D eigenvalue weighted by atomic mass is 9.89. The molecule has 2 amide bonds. The van der Waals surface area contributed by atoms with Gasteiger partial charge in [-0.25, -0.2) is 4.79 Å². The van der Waals surface area contributed by atoms with Crippen LogP contribution in [0.5, 0.6) is 0 Å². The largest absolute Gasteiger partial charge is 0.453 e. The van der Waals surface area contributed by atoms with Gasteiger partial charge in [-0.1, -0.05) is 66.6 Å². The quantitative estimate of drug-likeness (QED) is 0.401. The van der Waals surface area contributed by atoms with Crippen LogP contribution < -0.4 is 10.6 Å². The van der Waals surface area contributed by atoms with E-state index in [2.05, 4.69) is 48.8 Å². The molecule has 0 atom stereocenters. The molecule has 0 spiro atoms. The summed E-state index contributed by atoms with van der Waals surface area (Å²) in [6.45, 7) is 6.20. The molecule has 6 heteroatoms. The number of benzene rings is 2. The highest BCUT2D eigenvalue weighted by atomic mass is 35.5. The molecule has 2 aromatic rings. The summed E-state index contributed by atoms with van der Waals surface area (Å²) in [7, 11) is 1.31. The van der Waals surface area contributed by atoms with Gasteiger partial charge in [-0.05, 0) is 79.7 Å². The minimum absolute atomic E-state index is 0.0709. The van der Waals surface area contributed by atoms with Crippen LogP contribution in [0.4, 0.5) is 16.2 Å². The molecule has 1 aliphatic heterocycles. The molecule has 36 heavy (non-hydrogen) atoms. The van der Waals surface area contributed by atoms with E-state index in [1.807, 2.05) is 37.3 Å². The number of carbonyl (C=O) groups excluding carboxylic acids is 2. The van der Waals surface area contributed by atoms with E-state index in [0.717, 1.165) is 40.7 Å². The number of amides is 2. The second-order valence-electron chi connectivity index (χ2n) is 8.57. The number of allylic oxidation sites excluding steroid dienone is 8. The molecular weight excluding hydrogens is 472 g/mol. The molecule has 0 unspecified atom stereocenters. The smallest absolute Gasteiger partial charge is 0.411 e. The number of fused-ring (bicyclic) bond motifs is 4. The van der Waals surface area contributed by atoms with Gasteiger partial charge in [0.1, 0.15) is 0 Å². The molecule has 1 aliphatic rings. The van der Waals surface area contributed by atoms with Gasteiger partial charge in [0.05, 0.1) is 12.8 Å². The van der Waals surface area contributed by atoms with Crippen LogP contribution in [0.15, 0.2) is 82.9 Å². The van der Waals surface area contributed by atoms with Crippen LogP contribution in [0.25, 0.3) is 16.7 Å². The Balaban J connectivity index is 2.17. The number of methoxy groups -OCH3 is 1. The molecule has 0 aromatic heterocycles. The number of halogens is 1. The summed E-state index contributed by atoms with van der Waals surface area (Å²) in [5.41, 5.74) is 7.61. The van der Waals surface area contributed by atoms with Gasteiger partial charge in [0, 0.05) is 22.7 Å². The van der Waals surface area contributed by atoms with Gasteiger partial charge >= 0.3 is 6.09 Å². The van der Waals surface area contributed by atoms with Crippen molar-refractivity contribution in [1.29, 1.82) is 0 Å². The SMILES string of the molecule is C\C=C(Cl)/C=C\C(=C(/C)CC)C1=C\CCCC(=O)Nc2cc(NC(=O)OC)ccc2-c2cccc/1c2. The first-order valence-electron chi connectivity index (χ1n) is 12.2. The van der Waals surface area contributed by atoms with Crippen molar-refractivity contribution in [2.75, 3.05) is 17.7 Å². The standard InChI is InChI=1S/C30H33ClN2O3/c1-5-20(3)25(16-14-23(31)6-2)26-12-7-8-13-29(34)33-28-19-24(32-30(35)36-4)15-17-27(28)22-11-9-10-21(26)18-22/h6,9-12,14-19H,5,7-8,13H2,1-4H3,(H,32,35)(H,33,34)/b16-14-,23-6+,25-20-,26-12+. The van der Waals surface area contributed by atoms with E-state index in [1.165, 1.54) is 12.7 Å². The van der Waals surface area contributed by atoms with Crippen LogP contribution >= 0.6 is 11.6 Å². The topological polar surface area (TPSA) is 67.4 Å². The van der Waals surface area contributed by atoms with E-state index in [0.29, 0.717) is 29.2 Å². The van der Waals surface area contributed by atoms with Gasteiger partial charge in [0.25, 0.3) is 0 Å². The summed E-state index contributed by atoms with van der Waals surface area (Å²) in [5, 5.41) is 6.38. The Labute approximate surface area is 218 Å². The van der Waals surface area contributed by atoms with Crippen LogP contribution in [-0.4, -0.2) is 19.1 Å². The molecule has 2 bridgehead atoms. The third-order valence-corrected chi connectivity index (χ3v) is 6.48. The fourth-order valence-corrected chi connectivity index (χ4v) is 4.08. The Kier molecular flexibility index (Phi) is 9.71. The van der Waals surface area contributed by atoms with Crippen molar-refractivity contribution in [3.63, 3.8) is 0 Å². The normalized spacial score (nSPS) is 16.5. The van der Waals surface area contributed by atoms with Crippen molar-refractivity contribution in [1.82, 2.24) is 0 Å². The Morgan fingerprint density at radius 2 is 1.94 bits per heavy atom. The third kappa shape index (κ3) is 6.98. The van der Waals surface area contributed by atoms with Gasteiger partial charge in [-0.3, -0.25) is 10.1 Å². The molecule has 1 heterocycles. The Morgan fingerprint density at radius 1 is 1.17 bits per heavy atom. The lowest BCUT2D eigenvalue weighted by molar-refractivity contribution is -0.116. The first kappa shape index (κ1) is 27.0.